The first kappa shape index (κ1) is 48.3. The summed E-state index contributed by atoms with van der Waals surface area (Å²) in [5.41, 5.74) is 5.37. The smallest absolute Gasteiger partial charge is 0.472 e. The predicted molar refractivity (Wildman–Crippen MR) is 227 cm³/mol. The molecule has 2 unspecified atom stereocenters. The number of nitriles is 1. The van der Waals surface area contributed by atoms with Gasteiger partial charge in [-0.15, -0.1) is 0 Å². The van der Waals surface area contributed by atoms with Crippen molar-refractivity contribution in [3.63, 3.8) is 0 Å². The molecule has 0 amide bonds. The molecular formula is C42H67N6O10P. The van der Waals surface area contributed by atoms with Gasteiger partial charge in [-0.3, -0.25) is 19.0 Å². The van der Waals surface area contributed by atoms with Crippen molar-refractivity contribution in [2.24, 2.45) is 20.8 Å². The van der Waals surface area contributed by atoms with Gasteiger partial charge in [0, 0.05) is 12.7 Å². The molecule has 3 aliphatic rings. The van der Waals surface area contributed by atoms with Crippen molar-refractivity contribution < 1.29 is 47.7 Å². The van der Waals surface area contributed by atoms with Crippen LogP contribution in [0.3, 0.4) is 0 Å². The first-order valence-corrected chi connectivity index (χ1v) is 22.8. The number of nitrogens with zero attached hydrogens (tertiary/aromatic N) is 5. The second kappa shape index (κ2) is 25.4. The lowest BCUT2D eigenvalue weighted by Crippen LogP contribution is -2.59. The molecular weight excluding hydrogens is 779 g/mol. The van der Waals surface area contributed by atoms with E-state index < -0.39 is 57.1 Å². The molecule has 1 aromatic rings. The predicted octanol–water partition coefficient (Wildman–Crippen LogP) is 6.56. The van der Waals surface area contributed by atoms with Crippen LogP contribution in [0.25, 0.3) is 0 Å². The maximum absolute atomic E-state index is 13.2. The number of hydrogen-bond acceptors (Lipinski definition) is 15. The topological polar surface area (TPSA) is 223 Å². The van der Waals surface area contributed by atoms with E-state index in [1.165, 1.54) is 96.9 Å². The summed E-state index contributed by atoms with van der Waals surface area (Å²) in [6.45, 7) is 5.22. The van der Waals surface area contributed by atoms with Crippen molar-refractivity contribution in [3.05, 3.63) is 35.5 Å². The highest BCUT2D eigenvalue weighted by atomic mass is 31.2. The van der Waals surface area contributed by atoms with Crippen LogP contribution in [0.2, 0.25) is 0 Å². The van der Waals surface area contributed by atoms with E-state index in [0.29, 0.717) is 35.8 Å². The molecule has 7 atom stereocenters. The lowest BCUT2D eigenvalue weighted by atomic mass is 9.85. The minimum atomic E-state index is -4.76. The molecule has 1 fully saturated rings. The van der Waals surface area contributed by atoms with E-state index in [0.717, 1.165) is 19.3 Å². The number of ether oxygens (including phenoxy) is 4. The van der Waals surface area contributed by atoms with Gasteiger partial charge in [-0.2, -0.15) is 10.4 Å². The molecule has 0 aliphatic carbocycles. The number of phosphoric acid groups is 1. The van der Waals surface area contributed by atoms with Gasteiger partial charge < -0.3 is 39.8 Å². The number of amidine groups is 1. The van der Waals surface area contributed by atoms with E-state index in [9.17, 15) is 24.9 Å². The van der Waals surface area contributed by atoms with Crippen LogP contribution in [0, 0.1) is 11.3 Å². The Labute approximate surface area is 350 Å². The Balaban J connectivity index is 1.21. The highest BCUT2D eigenvalue weighted by molar-refractivity contribution is 7.47. The summed E-state index contributed by atoms with van der Waals surface area (Å²) >= 11 is 0. The highest BCUT2D eigenvalue weighted by Gasteiger charge is 2.61. The largest absolute Gasteiger partial charge is 0.495 e. The average molecular weight is 847 g/mol. The number of hydrazone groups is 1. The fraction of sp³-hybridized carbons (Fsp3) is 0.714. The number of phosphoric ester groups is 1. The van der Waals surface area contributed by atoms with Crippen LogP contribution in [0.1, 0.15) is 122 Å². The molecule has 0 aromatic heterocycles. The number of nitrogens with two attached hydrogens (primary N) is 1. The summed E-state index contributed by atoms with van der Waals surface area (Å²) in [5.74, 6) is 0.887. The maximum Gasteiger partial charge on any atom is 0.472 e. The van der Waals surface area contributed by atoms with Crippen LogP contribution in [0.15, 0.2) is 45.1 Å². The summed E-state index contributed by atoms with van der Waals surface area (Å²) in [7, 11) is -3.32. The Kier molecular flexibility index (Phi) is 20.8. The van der Waals surface area contributed by atoms with E-state index >= 15 is 0 Å². The van der Waals surface area contributed by atoms with Crippen molar-refractivity contribution in [2.75, 3.05) is 40.1 Å². The van der Waals surface area contributed by atoms with Gasteiger partial charge in [0.15, 0.2) is 5.84 Å². The summed E-state index contributed by atoms with van der Waals surface area (Å²) in [6.07, 6.45) is 18.7. The third-order valence-electron chi connectivity index (χ3n) is 11.1. The normalized spacial score (nSPS) is 23.9. The van der Waals surface area contributed by atoms with Gasteiger partial charge in [0.1, 0.15) is 53.9 Å². The maximum atomic E-state index is 13.2. The Morgan fingerprint density at radius 1 is 1.03 bits per heavy atom. The molecule has 0 bridgehead atoms. The first-order valence-electron chi connectivity index (χ1n) is 21.4. The van der Waals surface area contributed by atoms with Crippen LogP contribution in [-0.2, 0) is 23.1 Å². The lowest BCUT2D eigenvalue weighted by molar-refractivity contribution is -0.122. The number of hydrogen-bond donors (Lipinski definition) is 4. The van der Waals surface area contributed by atoms with Crippen LogP contribution < -0.4 is 15.2 Å². The zero-order valence-electron chi connectivity index (χ0n) is 35.0. The zero-order chi connectivity index (χ0) is 42.5. The molecule has 330 valence electrons. The van der Waals surface area contributed by atoms with Gasteiger partial charge in [-0.25, -0.2) is 9.56 Å². The number of benzene rings is 1. The molecule has 4 rings (SSSR count). The zero-order valence-corrected chi connectivity index (χ0v) is 35.9. The quantitative estimate of drug-likeness (QED) is 0.0354. The van der Waals surface area contributed by atoms with E-state index in [2.05, 4.69) is 34.8 Å². The molecule has 16 nitrogen and oxygen atoms in total. The van der Waals surface area contributed by atoms with Crippen molar-refractivity contribution >= 4 is 26.7 Å². The minimum absolute atomic E-state index is 0.0421. The fourth-order valence-corrected chi connectivity index (χ4v) is 8.56. The molecule has 1 saturated heterocycles. The molecule has 59 heavy (non-hydrogen) atoms. The monoisotopic (exact) mass is 846 g/mol. The van der Waals surface area contributed by atoms with Gasteiger partial charge in [0.25, 0.3) is 0 Å². The van der Waals surface area contributed by atoms with E-state index in [-0.39, 0.29) is 19.0 Å². The fourth-order valence-electron chi connectivity index (χ4n) is 7.79. The Morgan fingerprint density at radius 2 is 1.68 bits per heavy atom. The van der Waals surface area contributed by atoms with Gasteiger partial charge in [0.2, 0.25) is 0 Å². The van der Waals surface area contributed by atoms with E-state index in [4.69, 9.17) is 33.7 Å². The number of aliphatic hydroxyl groups excluding tert-OH is 2. The van der Waals surface area contributed by atoms with Gasteiger partial charge >= 0.3 is 7.82 Å². The second-order valence-electron chi connectivity index (χ2n) is 15.5. The van der Waals surface area contributed by atoms with Crippen LogP contribution >= 0.6 is 7.82 Å². The molecule has 3 aliphatic heterocycles. The second-order valence-corrected chi connectivity index (χ2v) is 17.0. The van der Waals surface area contributed by atoms with E-state index in [1.807, 2.05) is 0 Å². The molecule has 3 heterocycles. The number of unbranched alkanes of at least 4 members (excludes halogenated alkanes) is 15. The summed E-state index contributed by atoms with van der Waals surface area (Å²) < 4.78 is 47.4. The molecule has 0 spiro atoms. The number of rotatable bonds is 31. The minimum Gasteiger partial charge on any atom is -0.495 e. The molecule has 0 saturated carbocycles. The van der Waals surface area contributed by atoms with Crippen molar-refractivity contribution in [2.45, 2.75) is 152 Å². The third-order valence-corrected chi connectivity index (χ3v) is 12.0. The Morgan fingerprint density at radius 3 is 2.29 bits per heavy atom. The number of fused-ring (bicyclic) bond motifs is 1. The first-order chi connectivity index (χ1) is 28.6. The average Bonchev–Trinajstić information content (AvgIpc) is 3.78. The summed E-state index contributed by atoms with van der Waals surface area (Å²) in [5, 5.41) is 37.6. The molecule has 17 heteroatoms. The van der Waals surface area contributed by atoms with Crippen LogP contribution in [-0.4, -0.2) is 115 Å². The van der Waals surface area contributed by atoms with Gasteiger partial charge in [-0.1, -0.05) is 109 Å². The number of aliphatic hydroxyl groups is 2. The van der Waals surface area contributed by atoms with Crippen molar-refractivity contribution in [1.82, 2.24) is 5.01 Å². The summed E-state index contributed by atoms with van der Waals surface area (Å²) in [6, 6.07) is 6.10. The van der Waals surface area contributed by atoms with Gasteiger partial charge in [-0.05, 0) is 31.7 Å². The SMILES string of the molecule is C=NC[C@@]1(C2CC=C3C(N)=NC=NN32)O[C@H](COP(=O)(O)OC[C@@H](COCCCCCCCCCCCCCCCCCC)Oc2ccc(C#N)c(OC)c2)[C@@H](O)[C@H]1O. The van der Waals surface area contributed by atoms with Crippen LogP contribution in [0.5, 0.6) is 11.5 Å². The third kappa shape index (κ3) is 14.6. The van der Waals surface area contributed by atoms with Crippen molar-refractivity contribution in [3.8, 4) is 17.6 Å². The molecule has 0 radical (unpaired) electrons. The number of aliphatic imine (C=N–C) groups is 2. The molecule has 5 N–H and O–H groups in total. The van der Waals surface area contributed by atoms with Crippen molar-refractivity contribution in [1.29, 1.82) is 5.26 Å². The van der Waals surface area contributed by atoms with Crippen LogP contribution in [0.4, 0.5) is 0 Å². The Bertz CT molecular complexity index is 1620. The van der Waals surface area contributed by atoms with Gasteiger partial charge in [0.05, 0.1) is 50.8 Å². The van der Waals surface area contributed by atoms with E-state index in [1.54, 1.807) is 29.3 Å². The summed E-state index contributed by atoms with van der Waals surface area (Å²) in [4.78, 5) is 18.7. The highest BCUT2D eigenvalue weighted by Crippen LogP contribution is 2.47. The lowest BCUT2D eigenvalue weighted by Gasteiger charge is -2.40. The number of methoxy groups -OCH3 is 1. The Hall–Kier alpha value is -3.39. The molecule has 1 aromatic carbocycles. The standard InChI is InChI=1S/C42H67N6O10P/c1-4-5-6-7-8-9-10-11-12-13-14-15-16-17-18-19-24-54-27-34(57-33-21-20-32(26-43)36(25-33)53-3)28-55-59(51,52)56-29-37-39(49)40(50)42(58-37,30-45-2)38-23-22-35-41(44)46-31-47-48(35)38/h20-22,25,31,34,37-40,49-50H,2,4-19,23-24,27-30H2,1,3H3,(H,51,52)(H2,44,46,47)/t34-,37-,38?,39-,40-,42+/m1/s1.